The van der Waals surface area contributed by atoms with Gasteiger partial charge in [-0.15, -0.1) is 0 Å². The number of likely N-dealkylation sites (N-methyl/N-ethyl adjacent to an activating group) is 3. The SMILES string of the molecule is CCN1CCN(CC)CCN(CC(=O)O)C(Cc2ccc(NC(=S)NCCCCCC(=O)C[C@@H](Cc3ccc(F)cc3)C(=O)NCCCC[C@H](NC(=O)NCCCC(=O)O)C(=O)O)cc2)CN(CC)CC1.O=C=O.[Lu+3]. The molecule has 1 saturated heterocycles. The molecule has 0 radical (unpaired) electrons. The van der Waals surface area contributed by atoms with Crippen LogP contribution in [0.3, 0.4) is 0 Å². The number of ketones is 1. The van der Waals surface area contributed by atoms with Crippen molar-refractivity contribution in [1.29, 1.82) is 0 Å². The Kier molecular flexibility index (Phi) is 37.0. The van der Waals surface area contributed by atoms with Gasteiger partial charge in [0.05, 0.1) is 6.54 Å². The predicted octanol–water partition coefficient (Wildman–Crippen LogP) is 4.09. The van der Waals surface area contributed by atoms with Gasteiger partial charge in [0.2, 0.25) is 5.91 Å². The smallest absolute Gasteiger partial charge is 0.481 e. The number of unbranched alkanes of at least 4 members (excludes halogenated alkanes) is 3. The standard InChI is InChI=1S/C51H80FN9O9S.CO2.Lu/c1-4-58-27-28-59(5-2)31-32-61(37-47(65)66)43(36-60(6-3)30-29-58)34-39-18-22-42(23-19-39)56-51(71)55-25-10-7-8-13-44(62)35-40(33-38-16-20-41(52)21-17-38)48(67)53-24-11-9-14-45(49(68)69)57-50(70)54-26-12-15-46(63)64;2-1-3;/h16-23,40,43,45H,4-15,24-37H2,1-3H3,(H,53,67)(H,63,64)(H,65,66)(H,68,69)(H2,54,57,70)(H2,55,56,71);;/q;;+3/t40-,43?,45+;;/m1../s1. The fourth-order valence-corrected chi connectivity index (χ4v) is 8.74. The van der Waals surface area contributed by atoms with E-state index in [1.807, 2.05) is 12.1 Å². The van der Waals surface area contributed by atoms with Crippen molar-refractivity contribution in [2.45, 2.75) is 110 Å². The van der Waals surface area contributed by atoms with Crippen LogP contribution in [0.2, 0.25) is 0 Å². The van der Waals surface area contributed by atoms with Crippen molar-refractivity contribution < 1.29 is 94.9 Å². The molecule has 0 aromatic heterocycles. The second-order valence-corrected chi connectivity index (χ2v) is 18.7. The number of carbonyl (C=O) groups excluding carboxylic acids is 5. The van der Waals surface area contributed by atoms with E-state index >= 15 is 0 Å². The van der Waals surface area contributed by atoms with Gasteiger partial charge in [0, 0.05) is 102 Å². The molecule has 1 heterocycles. The maximum Gasteiger partial charge on any atom is 3.00 e. The topological polar surface area (TPSA) is 270 Å². The molecule has 2 aromatic carbocycles. The van der Waals surface area contributed by atoms with Crippen molar-refractivity contribution in [3.8, 4) is 0 Å². The number of urea groups is 1. The number of thiocarbonyl (C=S) groups is 1. The van der Waals surface area contributed by atoms with Crippen LogP contribution < -0.4 is 26.6 Å². The van der Waals surface area contributed by atoms with Crippen LogP contribution in [0.15, 0.2) is 48.5 Å². The molecule has 3 rings (SSSR count). The minimum atomic E-state index is -1.22. The molecule has 3 atom stereocenters. The summed E-state index contributed by atoms with van der Waals surface area (Å²) in [6.45, 7) is 16.4. The molecule has 0 saturated carbocycles. The minimum Gasteiger partial charge on any atom is -0.481 e. The Morgan fingerprint density at radius 2 is 1.25 bits per heavy atom. The quantitative estimate of drug-likeness (QED) is 0.0404. The number of carboxylic acids is 3. The largest absolute Gasteiger partial charge is 3.00 e. The van der Waals surface area contributed by atoms with Crippen LogP contribution in [-0.2, 0) is 46.4 Å². The Morgan fingerprint density at radius 1 is 0.693 bits per heavy atom. The molecule has 1 fully saturated rings. The summed E-state index contributed by atoms with van der Waals surface area (Å²) in [7, 11) is 0. The number of rotatable bonds is 30. The number of halogens is 1. The second-order valence-electron chi connectivity index (χ2n) is 18.3. The van der Waals surface area contributed by atoms with Crippen LogP contribution in [0.4, 0.5) is 14.9 Å². The number of benzene rings is 2. The first-order valence-corrected chi connectivity index (χ1v) is 26.2. The number of carbonyl (C=O) groups is 6. The van der Waals surface area contributed by atoms with E-state index in [0.717, 1.165) is 83.0 Å². The number of anilines is 1. The van der Waals surface area contributed by atoms with E-state index in [1.165, 1.54) is 12.1 Å². The number of nitrogens with one attached hydrogen (secondary N) is 5. The van der Waals surface area contributed by atoms with Crippen LogP contribution >= 0.6 is 12.2 Å². The number of Topliss-reactive ketones (excluding diaryl/α,β-unsaturated/α-hetero) is 1. The van der Waals surface area contributed by atoms with Crippen molar-refractivity contribution >= 4 is 64.8 Å². The summed E-state index contributed by atoms with van der Waals surface area (Å²) in [5.41, 5.74) is 2.66. The van der Waals surface area contributed by atoms with E-state index in [2.05, 4.69) is 79.1 Å². The van der Waals surface area contributed by atoms with E-state index in [-0.39, 0.29) is 112 Å². The van der Waals surface area contributed by atoms with Crippen molar-refractivity contribution in [3.05, 3.63) is 65.5 Å². The van der Waals surface area contributed by atoms with Crippen molar-refractivity contribution in [1.82, 2.24) is 40.9 Å². The Balaban J connectivity index is 0.00000685. The first kappa shape index (κ1) is 68.3. The maximum atomic E-state index is 13.6. The third-order valence-electron chi connectivity index (χ3n) is 12.9. The molecule has 1 aliphatic rings. The summed E-state index contributed by atoms with van der Waals surface area (Å²) in [4.78, 5) is 98.8. The summed E-state index contributed by atoms with van der Waals surface area (Å²) in [5.74, 6) is -4.53. The van der Waals surface area contributed by atoms with Crippen molar-refractivity contribution in [2.75, 3.05) is 96.9 Å². The fourth-order valence-electron chi connectivity index (χ4n) is 8.52. The van der Waals surface area contributed by atoms with E-state index in [0.29, 0.717) is 55.9 Å². The third kappa shape index (κ3) is 31.2. The fraction of sp³-hybridized carbons (Fsp3) is 0.615. The van der Waals surface area contributed by atoms with E-state index < -0.39 is 41.7 Å². The third-order valence-corrected chi connectivity index (χ3v) is 13.1. The van der Waals surface area contributed by atoms with Gasteiger partial charge in [0.1, 0.15) is 17.6 Å². The number of hydrogen-bond donors (Lipinski definition) is 8. The van der Waals surface area contributed by atoms with Gasteiger partial charge in [0.25, 0.3) is 0 Å². The number of nitrogens with zero attached hydrogens (tertiary/aromatic N) is 4. The summed E-state index contributed by atoms with van der Waals surface area (Å²) in [5, 5.41) is 42.8. The normalized spacial score (nSPS) is 15.6. The molecule has 0 aliphatic carbocycles. The number of aliphatic carboxylic acids is 3. The number of carboxylic acid groups (broad SMARTS) is 3. The average molecular weight is 1230 g/mol. The van der Waals surface area contributed by atoms with Gasteiger partial charge >= 0.3 is 67.0 Å². The zero-order chi connectivity index (χ0) is 54.7. The average Bonchev–Trinajstić information content (AvgIpc) is 3.36. The molecule has 23 heteroatoms. The molecular weight excluding hydrogens is 1150 g/mol. The van der Waals surface area contributed by atoms with E-state index in [1.54, 1.807) is 12.1 Å². The molecule has 3 amide bonds. The molecule has 1 aliphatic heterocycles. The number of hydrogen-bond acceptors (Lipinski definition) is 13. The van der Waals surface area contributed by atoms with Gasteiger partial charge in [0.15, 0.2) is 5.11 Å². The van der Waals surface area contributed by atoms with E-state index in [9.17, 15) is 43.4 Å². The zero-order valence-corrected chi connectivity index (χ0v) is 46.1. The van der Waals surface area contributed by atoms with Crippen LogP contribution in [0.5, 0.6) is 0 Å². The minimum absolute atomic E-state index is 0. The van der Waals surface area contributed by atoms with Gasteiger partial charge in [-0.2, -0.15) is 9.59 Å². The van der Waals surface area contributed by atoms with Crippen molar-refractivity contribution in [3.63, 3.8) is 0 Å². The maximum absolute atomic E-state index is 13.6. The molecule has 0 bridgehead atoms. The molecule has 0 spiro atoms. The Bertz CT molecular complexity index is 2060. The summed E-state index contributed by atoms with van der Waals surface area (Å²) in [6, 6.07) is 12.0. The zero-order valence-electron chi connectivity index (χ0n) is 43.7. The predicted molar refractivity (Wildman–Crippen MR) is 282 cm³/mol. The Labute approximate surface area is 475 Å². The summed E-state index contributed by atoms with van der Waals surface area (Å²) >= 11 is 5.58. The van der Waals surface area contributed by atoms with E-state index in [4.69, 9.17) is 26.9 Å². The van der Waals surface area contributed by atoms with Gasteiger partial charge < -0.3 is 56.6 Å². The summed E-state index contributed by atoms with van der Waals surface area (Å²) < 4.78 is 13.6. The number of amides is 3. The first-order chi connectivity index (χ1) is 35.5. The van der Waals surface area contributed by atoms with Crippen LogP contribution in [0.1, 0.15) is 96.1 Å². The van der Waals surface area contributed by atoms with Crippen LogP contribution in [-0.4, -0.2) is 186 Å². The van der Waals surface area contributed by atoms with Gasteiger partial charge in [-0.3, -0.25) is 24.1 Å². The molecular formula is C52H80FLuN9O11S+3. The van der Waals surface area contributed by atoms with Crippen LogP contribution in [0.25, 0.3) is 0 Å². The molecule has 8 N–H and O–H groups in total. The molecule has 20 nitrogen and oxygen atoms in total. The molecule has 2 aromatic rings. The monoisotopic (exact) mass is 1230 g/mol. The molecule has 75 heavy (non-hydrogen) atoms. The molecule has 1 unspecified atom stereocenters. The Hall–Kier alpha value is -4.67. The summed E-state index contributed by atoms with van der Waals surface area (Å²) in [6.07, 6.45) is 4.61. The Morgan fingerprint density at radius 3 is 1.84 bits per heavy atom. The second kappa shape index (κ2) is 40.6. The van der Waals surface area contributed by atoms with Crippen LogP contribution in [0, 0.1) is 48.6 Å². The first-order valence-electron chi connectivity index (χ1n) is 25.8. The van der Waals surface area contributed by atoms with Gasteiger partial charge in [-0.1, -0.05) is 51.5 Å². The van der Waals surface area contributed by atoms with Gasteiger partial charge in [-0.25, -0.2) is 14.0 Å². The van der Waals surface area contributed by atoms with Gasteiger partial charge in [-0.05, 0) is 119 Å². The molecule has 424 valence electrons. The van der Waals surface area contributed by atoms with Crippen molar-refractivity contribution in [2.24, 2.45) is 5.92 Å².